The summed E-state index contributed by atoms with van der Waals surface area (Å²) in [6.45, 7) is 25.1. The quantitative estimate of drug-likeness (QED) is 0.150. The molecule has 0 heterocycles. The van der Waals surface area contributed by atoms with E-state index >= 15 is 0 Å². The third-order valence-electron chi connectivity index (χ3n) is 9.04. The number of benzene rings is 4. The Bertz CT molecular complexity index is 1850. The highest BCUT2D eigenvalue weighted by atomic mass is 31.2. The van der Waals surface area contributed by atoms with Crippen molar-refractivity contribution < 1.29 is 19.7 Å². The summed E-state index contributed by atoms with van der Waals surface area (Å²) in [6, 6.07) is 19.8. The number of aliphatic imine (C=N–C) groups is 1. The van der Waals surface area contributed by atoms with Crippen LogP contribution in [0.5, 0.6) is 23.0 Å². The number of hydrogen-bond acceptors (Lipinski definition) is 6. The van der Waals surface area contributed by atoms with E-state index in [1.807, 2.05) is 54.7 Å². The van der Waals surface area contributed by atoms with Gasteiger partial charge in [0.2, 0.25) is 0 Å². The molecule has 0 radical (unpaired) electrons. The highest BCUT2D eigenvalue weighted by Crippen LogP contribution is 2.65. The second-order valence-corrected chi connectivity index (χ2v) is 19.8. The zero-order valence-corrected chi connectivity index (χ0v) is 32.8. The van der Waals surface area contributed by atoms with Gasteiger partial charge in [-0.3, -0.25) is 9.74 Å². The van der Waals surface area contributed by atoms with Crippen LogP contribution in [0.15, 0.2) is 70.4 Å². The second kappa shape index (κ2) is 13.7. The Hall–Kier alpha value is -4.02. The summed E-state index contributed by atoms with van der Waals surface area (Å²) in [7, 11) is 0.0749. The van der Waals surface area contributed by atoms with Gasteiger partial charge in [-0.2, -0.15) is 0 Å². The third-order valence-corrected chi connectivity index (χ3v) is 13.6. The van der Waals surface area contributed by atoms with Crippen LogP contribution in [0.2, 0.25) is 0 Å². The van der Waals surface area contributed by atoms with Crippen LogP contribution in [0.25, 0.3) is 0 Å². The first kappa shape index (κ1) is 37.8. The van der Waals surface area contributed by atoms with Crippen molar-refractivity contribution in [1.82, 2.24) is 0 Å². The first-order chi connectivity index (χ1) is 22.6. The van der Waals surface area contributed by atoms with Crippen molar-refractivity contribution in [1.29, 1.82) is 0 Å². The van der Waals surface area contributed by atoms with Crippen LogP contribution in [-0.2, 0) is 10.8 Å². The number of phenolic OH excluding ortho intramolecular Hbond substituents is 2. The SMILES string of the molecule is COc1cc(C(C)(C)C)c(O)c(P(=Nc2ccccc2C=Nc2c(C)cc(C)cc2C)(c2cc(OC)cc(C(C)(C)C)c2O)C(C)(C)C)c1. The smallest absolute Gasteiger partial charge is 0.129 e. The lowest BCUT2D eigenvalue weighted by molar-refractivity contribution is 0.406. The maximum Gasteiger partial charge on any atom is 0.129 e. The van der Waals surface area contributed by atoms with Crippen LogP contribution < -0.4 is 20.1 Å². The third kappa shape index (κ3) is 7.45. The highest BCUT2D eigenvalue weighted by molar-refractivity contribution is 7.82. The molecule has 2 N–H and O–H groups in total. The molecule has 0 aliphatic rings. The molecule has 4 rings (SSSR count). The molecule has 0 aromatic heterocycles. The van der Waals surface area contributed by atoms with Crippen molar-refractivity contribution in [3.05, 3.63) is 94.0 Å². The second-order valence-electron chi connectivity index (χ2n) is 16.1. The van der Waals surface area contributed by atoms with Crippen LogP contribution in [0, 0.1) is 20.8 Å². The lowest BCUT2D eigenvalue weighted by atomic mass is 9.86. The number of aromatic hydroxyl groups is 2. The average Bonchev–Trinajstić information content (AvgIpc) is 2.98. The molecule has 0 aliphatic carbocycles. The Kier molecular flexibility index (Phi) is 10.6. The Labute approximate surface area is 294 Å². The van der Waals surface area contributed by atoms with E-state index in [0.29, 0.717) is 27.8 Å². The zero-order valence-electron chi connectivity index (χ0n) is 31.9. The van der Waals surface area contributed by atoms with E-state index < -0.39 is 23.0 Å². The van der Waals surface area contributed by atoms with E-state index in [2.05, 4.69) is 95.2 Å². The van der Waals surface area contributed by atoms with Gasteiger partial charge in [-0.1, -0.05) is 98.2 Å². The summed E-state index contributed by atoms with van der Waals surface area (Å²) in [5.74, 6) is 1.52. The molecule has 49 heavy (non-hydrogen) atoms. The predicted octanol–water partition coefficient (Wildman–Crippen LogP) is 10.7. The monoisotopic (exact) mass is 682 g/mol. The number of phenols is 2. The molecule has 0 atom stereocenters. The van der Waals surface area contributed by atoms with E-state index in [0.717, 1.165) is 33.5 Å². The number of nitrogens with zero attached hydrogens (tertiary/aromatic N) is 2. The van der Waals surface area contributed by atoms with Crippen molar-refractivity contribution in [2.75, 3.05) is 14.2 Å². The van der Waals surface area contributed by atoms with Gasteiger partial charge in [0.1, 0.15) is 23.0 Å². The van der Waals surface area contributed by atoms with Gasteiger partial charge in [-0.25, -0.2) is 0 Å². The first-order valence-corrected chi connectivity index (χ1v) is 18.6. The summed E-state index contributed by atoms with van der Waals surface area (Å²) >= 11 is 0. The molecule has 0 aliphatic heterocycles. The molecule has 0 fully saturated rings. The molecule has 4 aromatic carbocycles. The molecular weight excluding hydrogens is 627 g/mol. The molecule has 0 amide bonds. The lowest BCUT2D eigenvalue weighted by Crippen LogP contribution is -2.33. The normalized spacial score (nSPS) is 12.8. The van der Waals surface area contributed by atoms with Gasteiger partial charge < -0.3 is 19.7 Å². The molecule has 0 spiro atoms. The van der Waals surface area contributed by atoms with Gasteiger partial charge in [0.15, 0.2) is 0 Å². The van der Waals surface area contributed by atoms with Crippen molar-refractivity contribution in [3.8, 4) is 23.0 Å². The lowest BCUT2D eigenvalue weighted by Gasteiger charge is -2.40. The van der Waals surface area contributed by atoms with Crippen LogP contribution >= 0.6 is 7.05 Å². The zero-order chi connectivity index (χ0) is 36.7. The minimum absolute atomic E-state index is 0.150. The van der Waals surface area contributed by atoms with Crippen molar-refractivity contribution in [2.24, 2.45) is 9.74 Å². The molecule has 0 saturated heterocycles. The average molecular weight is 683 g/mol. The molecule has 262 valence electrons. The minimum atomic E-state index is -3.20. The van der Waals surface area contributed by atoms with Crippen LogP contribution in [0.3, 0.4) is 0 Å². The molecule has 4 aromatic rings. The molecule has 0 unspecified atom stereocenters. The first-order valence-electron chi connectivity index (χ1n) is 16.8. The molecule has 7 heteroatoms. The largest absolute Gasteiger partial charge is 0.507 e. The van der Waals surface area contributed by atoms with Gasteiger partial charge in [-0.15, -0.1) is 0 Å². The predicted molar refractivity (Wildman–Crippen MR) is 209 cm³/mol. The number of aryl methyl sites for hydroxylation is 3. The number of ether oxygens (including phenoxy) is 2. The van der Waals surface area contributed by atoms with Gasteiger partial charge in [0.05, 0.1) is 25.6 Å². The summed E-state index contributed by atoms with van der Waals surface area (Å²) < 4.78 is 17.6. The topological polar surface area (TPSA) is 83.6 Å². The van der Waals surface area contributed by atoms with E-state index in [1.165, 1.54) is 5.56 Å². The van der Waals surface area contributed by atoms with Crippen LogP contribution in [0.1, 0.15) is 95.7 Å². The van der Waals surface area contributed by atoms with Crippen LogP contribution in [-0.4, -0.2) is 35.8 Å². The summed E-state index contributed by atoms with van der Waals surface area (Å²) in [5, 5.41) is 25.5. The van der Waals surface area contributed by atoms with Gasteiger partial charge in [-0.05, 0) is 73.1 Å². The standard InChI is InChI=1S/C42H55N2O4P/c1-26-19-27(2)37(28(3)20-26)43-25-29-17-15-16-18-34(29)44-49(42(10,11)12,35-23-30(47-13)21-32(38(35)45)40(4,5)6)36-24-31(48-14)22-33(39(36)46)41(7,8)9/h15-25,45-46H,1-14H3. The van der Waals surface area contributed by atoms with E-state index in [4.69, 9.17) is 19.2 Å². The fourth-order valence-corrected chi connectivity index (χ4v) is 10.7. The summed E-state index contributed by atoms with van der Waals surface area (Å²) in [4.78, 5) is 4.99. The fraction of sp³-hybridized carbons (Fsp3) is 0.405. The summed E-state index contributed by atoms with van der Waals surface area (Å²) in [6.07, 6.45) is 1.87. The van der Waals surface area contributed by atoms with Crippen molar-refractivity contribution >= 4 is 35.3 Å². The van der Waals surface area contributed by atoms with Crippen molar-refractivity contribution in [2.45, 2.75) is 99.1 Å². The Morgan fingerprint density at radius 1 is 0.653 bits per heavy atom. The van der Waals surface area contributed by atoms with E-state index in [-0.39, 0.29) is 11.5 Å². The molecule has 0 bridgehead atoms. The number of methoxy groups -OCH3 is 2. The molecule has 0 saturated carbocycles. The van der Waals surface area contributed by atoms with Crippen LogP contribution in [0.4, 0.5) is 11.4 Å². The number of rotatable bonds is 7. The fourth-order valence-electron chi connectivity index (χ4n) is 6.53. The van der Waals surface area contributed by atoms with E-state index in [9.17, 15) is 10.2 Å². The minimum Gasteiger partial charge on any atom is -0.507 e. The Morgan fingerprint density at radius 3 is 1.51 bits per heavy atom. The Balaban J connectivity index is 2.28. The van der Waals surface area contributed by atoms with E-state index in [1.54, 1.807) is 14.2 Å². The molecular formula is C42H55N2O4P. The van der Waals surface area contributed by atoms with Crippen molar-refractivity contribution in [3.63, 3.8) is 0 Å². The van der Waals surface area contributed by atoms with Gasteiger partial charge in [0, 0.05) is 45.7 Å². The Morgan fingerprint density at radius 2 is 1.10 bits per heavy atom. The number of hydrogen-bond donors (Lipinski definition) is 2. The summed E-state index contributed by atoms with van der Waals surface area (Å²) in [5.41, 5.74) is 6.52. The highest BCUT2D eigenvalue weighted by Gasteiger charge is 2.44. The van der Waals surface area contributed by atoms with Gasteiger partial charge >= 0.3 is 0 Å². The molecule has 6 nitrogen and oxygen atoms in total. The van der Waals surface area contributed by atoms with Gasteiger partial charge in [0.25, 0.3) is 0 Å². The maximum atomic E-state index is 12.4. The maximum absolute atomic E-state index is 12.4.